The van der Waals surface area contributed by atoms with E-state index in [1.807, 2.05) is 0 Å². The van der Waals surface area contributed by atoms with Gasteiger partial charge in [-0.15, -0.1) is 0 Å². The number of anilines is 1. The number of hydrogen-bond donors (Lipinski definition) is 1. The SMILES string of the molecule is CCCNc1nc(C2(C)CC2)nc(CC)c1C. The van der Waals surface area contributed by atoms with Gasteiger partial charge in [-0.2, -0.15) is 0 Å². The summed E-state index contributed by atoms with van der Waals surface area (Å²) in [5.41, 5.74) is 2.66. The van der Waals surface area contributed by atoms with Crippen molar-refractivity contribution < 1.29 is 0 Å². The summed E-state index contributed by atoms with van der Waals surface area (Å²) in [6.07, 6.45) is 4.56. The molecule has 1 heterocycles. The van der Waals surface area contributed by atoms with E-state index in [1.165, 1.54) is 24.1 Å². The average Bonchev–Trinajstić information content (AvgIpc) is 3.07. The van der Waals surface area contributed by atoms with Crippen LogP contribution in [0.4, 0.5) is 5.82 Å². The highest BCUT2D eigenvalue weighted by Gasteiger charge is 2.42. The van der Waals surface area contributed by atoms with Crippen LogP contribution in [-0.2, 0) is 11.8 Å². The summed E-state index contributed by atoms with van der Waals surface area (Å²) in [4.78, 5) is 9.47. The maximum absolute atomic E-state index is 4.74. The van der Waals surface area contributed by atoms with Gasteiger partial charge in [0.25, 0.3) is 0 Å². The summed E-state index contributed by atoms with van der Waals surface area (Å²) < 4.78 is 0. The molecule has 1 fully saturated rings. The number of rotatable bonds is 5. The van der Waals surface area contributed by atoms with E-state index in [1.54, 1.807) is 0 Å². The molecule has 0 aromatic carbocycles. The largest absolute Gasteiger partial charge is 0.370 e. The lowest BCUT2D eigenvalue weighted by atomic mass is 10.1. The molecule has 0 bridgehead atoms. The maximum atomic E-state index is 4.74. The van der Waals surface area contributed by atoms with Gasteiger partial charge in [0.05, 0.1) is 0 Å². The molecule has 1 aromatic rings. The van der Waals surface area contributed by atoms with E-state index in [0.717, 1.165) is 31.0 Å². The summed E-state index contributed by atoms with van der Waals surface area (Å²) in [7, 11) is 0. The van der Waals surface area contributed by atoms with Crippen molar-refractivity contribution in [3.05, 3.63) is 17.1 Å². The quantitative estimate of drug-likeness (QED) is 0.848. The van der Waals surface area contributed by atoms with Crippen LogP contribution in [0.15, 0.2) is 0 Å². The molecule has 1 aromatic heterocycles. The molecule has 3 heteroatoms. The summed E-state index contributed by atoms with van der Waals surface area (Å²) in [5, 5.41) is 3.43. The number of nitrogens with zero attached hydrogens (tertiary/aromatic N) is 2. The highest BCUT2D eigenvalue weighted by atomic mass is 15.0. The Labute approximate surface area is 104 Å². The van der Waals surface area contributed by atoms with Crippen LogP contribution in [0.25, 0.3) is 0 Å². The smallest absolute Gasteiger partial charge is 0.136 e. The molecule has 0 amide bonds. The van der Waals surface area contributed by atoms with Crippen molar-refractivity contribution in [2.45, 2.75) is 58.8 Å². The lowest BCUT2D eigenvalue weighted by molar-refractivity contribution is 0.695. The molecule has 0 saturated heterocycles. The Morgan fingerprint density at radius 1 is 1.24 bits per heavy atom. The maximum Gasteiger partial charge on any atom is 0.136 e. The van der Waals surface area contributed by atoms with Gasteiger partial charge >= 0.3 is 0 Å². The highest BCUT2D eigenvalue weighted by Crippen LogP contribution is 2.46. The van der Waals surface area contributed by atoms with E-state index in [4.69, 9.17) is 9.97 Å². The third-order valence-electron chi connectivity index (χ3n) is 3.66. The number of nitrogens with one attached hydrogen (secondary N) is 1. The molecule has 1 saturated carbocycles. The van der Waals surface area contributed by atoms with Crippen LogP contribution in [0.5, 0.6) is 0 Å². The summed E-state index contributed by atoms with van der Waals surface area (Å²) >= 11 is 0. The fraction of sp³-hybridized carbons (Fsp3) is 0.714. The minimum Gasteiger partial charge on any atom is -0.370 e. The van der Waals surface area contributed by atoms with E-state index >= 15 is 0 Å². The van der Waals surface area contributed by atoms with E-state index in [2.05, 4.69) is 33.0 Å². The van der Waals surface area contributed by atoms with Gasteiger partial charge in [0, 0.05) is 23.2 Å². The van der Waals surface area contributed by atoms with Crippen LogP contribution in [-0.4, -0.2) is 16.5 Å². The van der Waals surface area contributed by atoms with Crippen molar-refractivity contribution in [2.24, 2.45) is 0 Å². The van der Waals surface area contributed by atoms with Gasteiger partial charge in [-0.05, 0) is 32.6 Å². The fourth-order valence-corrected chi connectivity index (χ4v) is 2.00. The van der Waals surface area contributed by atoms with Crippen molar-refractivity contribution in [2.75, 3.05) is 11.9 Å². The van der Waals surface area contributed by atoms with Crippen LogP contribution in [0.1, 0.15) is 57.1 Å². The van der Waals surface area contributed by atoms with Gasteiger partial charge in [0.15, 0.2) is 0 Å². The molecule has 0 unspecified atom stereocenters. The Morgan fingerprint density at radius 3 is 2.47 bits per heavy atom. The first-order valence-electron chi connectivity index (χ1n) is 6.72. The molecular weight excluding hydrogens is 210 g/mol. The first-order valence-corrected chi connectivity index (χ1v) is 6.72. The summed E-state index contributed by atoms with van der Waals surface area (Å²) in [6.45, 7) is 9.71. The van der Waals surface area contributed by atoms with E-state index in [-0.39, 0.29) is 5.41 Å². The predicted molar refractivity (Wildman–Crippen MR) is 71.5 cm³/mol. The molecule has 1 N–H and O–H groups in total. The van der Waals surface area contributed by atoms with Gasteiger partial charge in [-0.1, -0.05) is 20.8 Å². The standard InChI is InChI=1S/C14H23N3/c1-5-9-15-12-10(3)11(6-2)16-13(17-12)14(4)7-8-14/h5-9H2,1-4H3,(H,15,16,17). The zero-order valence-electron chi connectivity index (χ0n) is 11.4. The molecular formula is C14H23N3. The first-order chi connectivity index (χ1) is 8.10. The predicted octanol–water partition coefficient (Wildman–Crippen LogP) is 3.22. The van der Waals surface area contributed by atoms with Gasteiger partial charge in [-0.25, -0.2) is 9.97 Å². The van der Waals surface area contributed by atoms with Crippen LogP contribution in [0.3, 0.4) is 0 Å². The zero-order chi connectivity index (χ0) is 12.5. The van der Waals surface area contributed by atoms with Crippen LogP contribution < -0.4 is 5.32 Å². The number of aryl methyl sites for hydroxylation is 1. The fourth-order valence-electron chi connectivity index (χ4n) is 2.00. The van der Waals surface area contributed by atoms with Crippen molar-refractivity contribution in [3.8, 4) is 0 Å². The Balaban J connectivity index is 2.35. The summed E-state index contributed by atoms with van der Waals surface area (Å²) in [5.74, 6) is 2.08. The van der Waals surface area contributed by atoms with E-state index in [9.17, 15) is 0 Å². The topological polar surface area (TPSA) is 37.8 Å². The molecule has 0 aliphatic heterocycles. The molecule has 17 heavy (non-hydrogen) atoms. The van der Waals surface area contributed by atoms with E-state index in [0.29, 0.717) is 0 Å². The molecule has 0 atom stereocenters. The van der Waals surface area contributed by atoms with Gasteiger partial charge < -0.3 is 5.32 Å². The van der Waals surface area contributed by atoms with Gasteiger partial charge in [0.1, 0.15) is 11.6 Å². The van der Waals surface area contributed by atoms with Crippen molar-refractivity contribution in [1.82, 2.24) is 9.97 Å². The molecule has 2 rings (SSSR count). The normalized spacial score (nSPS) is 16.9. The minimum atomic E-state index is 0.250. The Hall–Kier alpha value is -1.12. The molecule has 3 nitrogen and oxygen atoms in total. The first kappa shape index (κ1) is 12.3. The number of aromatic nitrogens is 2. The Kier molecular flexibility index (Phi) is 3.36. The molecule has 1 aliphatic carbocycles. The van der Waals surface area contributed by atoms with Crippen LogP contribution >= 0.6 is 0 Å². The molecule has 0 radical (unpaired) electrons. The molecule has 94 valence electrons. The third kappa shape index (κ3) is 2.43. The van der Waals surface area contributed by atoms with Crippen LogP contribution in [0, 0.1) is 6.92 Å². The van der Waals surface area contributed by atoms with Gasteiger partial charge in [-0.3, -0.25) is 0 Å². The zero-order valence-corrected chi connectivity index (χ0v) is 11.4. The van der Waals surface area contributed by atoms with Crippen molar-refractivity contribution >= 4 is 5.82 Å². The third-order valence-corrected chi connectivity index (χ3v) is 3.66. The monoisotopic (exact) mass is 233 g/mol. The van der Waals surface area contributed by atoms with Crippen LogP contribution in [0.2, 0.25) is 0 Å². The second kappa shape index (κ2) is 4.63. The number of hydrogen-bond acceptors (Lipinski definition) is 3. The van der Waals surface area contributed by atoms with Crippen molar-refractivity contribution in [3.63, 3.8) is 0 Å². The minimum absolute atomic E-state index is 0.250. The molecule has 0 spiro atoms. The van der Waals surface area contributed by atoms with Crippen molar-refractivity contribution in [1.29, 1.82) is 0 Å². The molecule has 1 aliphatic rings. The lowest BCUT2D eigenvalue weighted by Gasteiger charge is -2.15. The van der Waals surface area contributed by atoms with Gasteiger partial charge in [0.2, 0.25) is 0 Å². The Morgan fingerprint density at radius 2 is 1.94 bits per heavy atom. The lowest BCUT2D eigenvalue weighted by Crippen LogP contribution is -2.14. The van der Waals surface area contributed by atoms with E-state index < -0.39 is 0 Å². The second-order valence-electron chi connectivity index (χ2n) is 5.31. The highest BCUT2D eigenvalue weighted by molar-refractivity contribution is 5.47. The second-order valence-corrected chi connectivity index (χ2v) is 5.31. The average molecular weight is 233 g/mol. The Bertz CT molecular complexity index is 408. The summed E-state index contributed by atoms with van der Waals surface area (Å²) in [6, 6.07) is 0.